The number of alkyl halides is 1. The summed E-state index contributed by atoms with van der Waals surface area (Å²) < 4.78 is 5.27. The van der Waals surface area contributed by atoms with E-state index in [0.29, 0.717) is 19.4 Å². The number of carbonyl (C=O) groups excluding carboxylic acids is 2. The highest BCUT2D eigenvalue weighted by Gasteiger charge is 2.20. The van der Waals surface area contributed by atoms with E-state index in [1.807, 2.05) is 22.6 Å². The van der Waals surface area contributed by atoms with Crippen LogP contribution in [0.25, 0.3) is 0 Å². The van der Waals surface area contributed by atoms with Gasteiger partial charge < -0.3 is 9.57 Å². The highest BCUT2D eigenvalue weighted by atomic mass is 127. The number of hydrogen-bond acceptors (Lipinski definition) is 4. The molecule has 0 aliphatic carbocycles. The first kappa shape index (κ1) is 10.7. The smallest absolute Gasteiger partial charge is 0.342 e. The van der Waals surface area contributed by atoms with Crippen LogP contribution in [0.1, 0.15) is 12.8 Å². The zero-order valence-electron chi connectivity index (χ0n) is 6.99. The van der Waals surface area contributed by atoms with Crippen molar-refractivity contribution in [3.05, 3.63) is 0 Å². The number of halogens is 1. The van der Waals surface area contributed by atoms with Crippen LogP contribution in [0.2, 0.25) is 0 Å². The molecular formula is C7H10INO4. The molecule has 1 aliphatic heterocycles. The Morgan fingerprint density at radius 1 is 1.69 bits per heavy atom. The molecule has 1 heterocycles. The van der Waals surface area contributed by atoms with Crippen LogP contribution in [-0.2, 0) is 19.2 Å². The molecule has 1 aliphatic rings. The van der Waals surface area contributed by atoms with Crippen molar-refractivity contribution in [2.24, 2.45) is 0 Å². The van der Waals surface area contributed by atoms with Crippen LogP contribution in [0, 0.1) is 0 Å². The molecule has 13 heavy (non-hydrogen) atoms. The van der Waals surface area contributed by atoms with E-state index < -0.39 is 5.97 Å². The van der Waals surface area contributed by atoms with Crippen molar-refractivity contribution in [3.63, 3.8) is 0 Å². The van der Waals surface area contributed by atoms with Gasteiger partial charge >= 0.3 is 5.97 Å². The Balaban J connectivity index is 2.45. The molecule has 0 radical (unpaired) electrons. The van der Waals surface area contributed by atoms with Crippen molar-refractivity contribution in [2.45, 2.75) is 12.8 Å². The predicted octanol–water partition coefficient (Wildman–Crippen LogP) is 0.476. The molecule has 0 unspecified atom stereocenters. The highest BCUT2D eigenvalue weighted by Crippen LogP contribution is 2.06. The highest BCUT2D eigenvalue weighted by molar-refractivity contribution is 14.1. The Bertz CT molecular complexity index is 209. The molecule has 0 aromatic rings. The minimum absolute atomic E-state index is 0.0429. The van der Waals surface area contributed by atoms with Gasteiger partial charge in [0.1, 0.15) is 4.43 Å². The van der Waals surface area contributed by atoms with Crippen LogP contribution in [0.4, 0.5) is 0 Å². The summed E-state index contributed by atoms with van der Waals surface area (Å²) in [5.74, 6) is -0.629. The molecular weight excluding hydrogens is 289 g/mol. The quantitative estimate of drug-likeness (QED) is 0.549. The number of ether oxygens (including phenoxy) is 1. The van der Waals surface area contributed by atoms with Crippen LogP contribution < -0.4 is 0 Å². The van der Waals surface area contributed by atoms with Crippen LogP contribution in [-0.4, -0.2) is 34.7 Å². The van der Waals surface area contributed by atoms with E-state index >= 15 is 0 Å². The maximum atomic E-state index is 11.2. The molecule has 0 N–H and O–H groups in total. The Morgan fingerprint density at radius 2 is 2.46 bits per heavy atom. The normalized spacial score (nSPS) is 18.2. The lowest BCUT2D eigenvalue weighted by Crippen LogP contribution is -2.34. The third kappa shape index (κ3) is 3.47. The number of nitrogens with zero attached hydrogens (tertiary/aromatic N) is 1. The van der Waals surface area contributed by atoms with Crippen molar-refractivity contribution >= 4 is 34.5 Å². The third-order valence-electron chi connectivity index (χ3n) is 1.49. The van der Waals surface area contributed by atoms with E-state index in [1.54, 1.807) is 0 Å². The first-order valence-electron chi connectivity index (χ1n) is 3.89. The summed E-state index contributed by atoms with van der Waals surface area (Å²) in [4.78, 5) is 26.8. The van der Waals surface area contributed by atoms with E-state index in [2.05, 4.69) is 0 Å². The van der Waals surface area contributed by atoms with Gasteiger partial charge in [-0.05, 0) is 6.42 Å². The molecule has 0 bridgehead atoms. The second-order valence-corrected chi connectivity index (χ2v) is 3.27. The SMILES string of the molecule is O=C(CI)ON1COCCCC1=O. The van der Waals surface area contributed by atoms with Gasteiger partial charge in [-0.15, -0.1) is 5.06 Å². The summed E-state index contributed by atoms with van der Waals surface area (Å²) in [6.45, 7) is 0.575. The molecule has 1 fully saturated rings. The Hall–Kier alpha value is -0.370. The lowest BCUT2D eigenvalue weighted by molar-refractivity contribution is -0.209. The summed E-state index contributed by atoms with van der Waals surface area (Å²) >= 11 is 1.87. The topological polar surface area (TPSA) is 55.8 Å². The lowest BCUT2D eigenvalue weighted by Gasteiger charge is -2.17. The molecule has 0 aromatic carbocycles. The number of carbonyl (C=O) groups is 2. The third-order valence-corrected chi connectivity index (χ3v) is 2.11. The average molecular weight is 299 g/mol. The van der Waals surface area contributed by atoms with Crippen LogP contribution >= 0.6 is 22.6 Å². The molecule has 0 saturated carbocycles. The van der Waals surface area contributed by atoms with Gasteiger partial charge in [-0.25, -0.2) is 4.79 Å². The Labute approximate surface area is 89.4 Å². The van der Waals surface area contributed by atoms with E-state index in [0.717, 1.165) is 5.06 Å². The maximum Gasteiger partial charge on any atom is 0.342 e. The average Bonchev–Trinajstić information content (AvgIpc) is 2.32. The van der Waals surface area contributed by atoms with Crippen molar-refractivity contribution in [3.8, 4) is 0 Å². The number of hydrogen-bond donors (Lipinski definition) is 0. The van der Waals surface area contributed by atoms with Gasteiger partial charge in [0.2, 0.25) is 0 Å². The number of amides is 1. The second kappa shape index (κ2) is 5.38. The van der Waals surface area contributed by atoms with Gasteiger partial charge in [-0.2, -0.15) is 0 Å². The van der Waals surface area contributed by atoms with Crippen LogP contribution in [0.3, 0.4) is 0 Å². The Kier molecular flexibility index (Phi) is 4.43. The zero-order chi connectivity index (χ0) is 9.68. The Morgan fingerprint density at radius 3 is 3.15 bits per heavy atom. The molecule has 1 rings (SSSR count). The number of hydroxylamine groups is 2. The molecule has 0 spiro atoms. The summed E-state index contributed by atoms with van der Waals surface area (Å²) in [6, 6.07) is 0. The maximum absolute atomic E-state index is 11.2. The van der Waals surface area contributed by atoms with Crippen LogP contribution in [0.15, 0.2) is 0 Å². The van der Waals surface area contributed by atoms with Crippen molar-refractivity contribution in [2.75, 3.05) is 17.8 Å². The zero-order valence-corrected chi connectivity index (χ0v) is 9.15. The summed E-state index contributed by atoms with van der Waals surface area (Å²) in [6.07, 6.45) is 1.05. The fraction of sp³-hybridized carbons (Fsp3) is 0.714. The van der Waals surface area contributed by atoms with E-state index in [1.165, 1.54) is 0 Å². The van der Waals surface area contributed by atoms with Crippen LogP contribution in [0.5, 0.6) is 0 Å². The van der Waals surface area contributed by atoms with Gasteiger partial charge in [0.15, 0.2) is 6.73 Å². The van der Waals surface area contributed by atoms with Gasteiger partial charge in [0.25, 0.3) is 5.91 Å². The minimum atomic E-state index is -0.431. The van der Waals surface area contributed by atoms with Gasteiger partial charge in [0.05, 0.1) is 0 Å². The van der Waals surface area contributed by atoms with Crippen molar-refractivity contribution in [1.82, 2.24) is 5.06 Å². The molecule has 74 valence electrons. The summed E-state index contributed by atoms with van der Waals surface area (Å²) in [7, 11) is 0. The molecule has 6 heteroatoms. The minimum Gasteiger partial charge on any atom is -0.358 e. The van der Waals surface area contributed by atoms with Gasteiger partial charge in [-0.3, -0.25) is 4.79 Å². The first-order valence-corrected chi connectivity index (χ1v) is 5.41. The molecule has 0 atom stereocenters. The fourth-order valence-electron chi connectivity index (χ4n) is 0.894. The summed E-state index contributed by atoms with van der Waals surface area (Å²) in [5.41, 5.74) is 0. The second-order valence-electron chi connectivity index (χ2n) is 2.51. The first-order chi connectivity index (χ1) is 6.24. The van der Waals surface area contributed by atoms with E-state index in [9.17, 15) is 9.59 Å². The van der Waals surface area contributed by atoms with Crippen molar-refractivity contribution in [1.29, 1.82) is 0 Å². The fourth-order valence-corrected chi connectivity index (χ4v) is 1.03. The van der Waals surface area contributed by atoms with E-state index in [-0.39, 0.29) is 17.1 Å². The standard InChI is InChI=1S/C7H10INO4/c8-4-7(11)13-9-5-12-3-1-2-6(9)10/h1-5H2. The molecule has 1 saturated heterocycles. The largest absolute Gasteiger partial charge is 0.358 e. The monoisotopic (exact) mass is 299 g/mol. The van der Waals surface area contributed by atoms with Crippen molar-refractivity contribution < 1.29 is 19.2 Å². The summed E-state index contributed by atoms with van der Waals surface area (Å²) in [5, 5.41) is 0.980. The lowest BCUT2D eigenvalue weighted by atomic mass is 10.3. The van der Waals surface area contributed by atoms with Gasteiger partial charge in [0, 0.05) is 13.0 Å². The molecule has 5 nitrogen and oxygen atoms in total. The predicted molar refractivity (Wildman–Crippen MR) is 51.9 cm³/mol. The number of rotatable bonds is 2. The molecule has 0 aromatic heterocycles. The molecule has 1 amide bonds. The van der Waals surface area contributed by atoms with Gasteiger partial charge in [-0.1, -0.05) is 22.6 Å². The van der Waals surface area contributed by atoms with E-state index in [4.69, 9.17) is 9.57 Å².